The number of aromatic nitrogens is 2. The first-order chi connectivity index (χ1) is 12.0. The van der Waals surface area contributed by atoms with E-state index in [9.17, 15) is 10.1 Å². The van der Waals surface area contributed by atoms with E-state index >= 15 is 0 Å². The van der Waals surface area contributed by atoms with Crippen molar-refractivity contribution < 1.29 is 9.32 Å². The van der Waals surface area contributed by atoms with Gasteiger partial charge in [0, 0.05) is 6.92 Å². The van der Waals surface area contributed by atoms with Crippen LogP contribution in [0.15, 0.2) is 4.52 Å². The maximum absolute atomic E-state index is 12.5. The highest BCUT2D eigenvalue weighted by atomic mass is 16.5. The van der Waals surface area contributed by atoms with Gasteiger partial charge in [-0.3, -0.25) is 10.1 Å². The third-order valence-corrected chi connectivity index (χ3v) is 5.53. The molecule has 1 aromatic heterocycles. The number of aryl methyl sites for hydroxylation is 1. The van der Waals surface area contributed by atoms with Gasteiger partial charge in [0.05, 0.1) is 18.2 Å². The van der Waals surface area contributed by atoms with Crippen LogP contribution < -0.4 is 10.6 Å². The van der Waals surface area contributed by atoms with Crippen LogP contribution in [0.4, 0.5) is 0 Å². The van der Waals surface area contributed by atoms with Gasteiger partial charge in [-0.1, -0.05) is 30.8 Å². The van der Waals surface area contributed by atoms with Crippen molar-refractivity contribution in [3.8, 4) is 6.07 Å². The largest absolute Gasteiger partial charge is 0.340 e. The van der Waals surface area contributed by atoms with E-state index in [1.165, 1.54) is 12.8 Å². The number of nitrogens with one attached hydrogen (secondary N) is 2. The van der Waals surface area contributed by atoms with E-state index in [2.05, 4.69) is 26.8 Å². The van der Waals surface area contributed by atoms with Crippen molar-refractivity contribution in [1.29, 1.82) is 5.26 Å². The zero-order valence-electron chi connectivity index (χ0n) is 15.1. The van der Waals surface area contributed by atoms with E-state index in [0.717, 1.165) is 38.5 Å². The maximum Gasteiger partial charge on any atom is 0.235 e. The summed E-state index contributed by atoms with van der Waals surface area (Å²) in [4.78, 5) is 16.9. The summed E-state index contributed by atoms with van der Waals surface area (Å²) in [6, 6.07) is 2.26. The lowest BCUT2D eigenvalue weighted by atomic mass is 9.89. The number of nitrogens with zero attached hydrogens (tertiary/aromatic N) is 3. The topological polar surface area (TPSA) is 104 Å². The quantitative estimate of drug-likeness (QED) is 0.767. The summed E-state index contributed by atoms with van der Waals surface area (Å²) in [5.74, 6) is 1.30. The molecule has 2 aliphatic rings. The Kier molecular flexibility index (Phi) is 5.09. The number of carbonyl (C=O) groups excluding carboxylic acids is 1. The number of carbonyl (C=O) groups is 1. The smallest absolute Gasteiger partial charge is 0.235 e. The molecule has 1 amide bonds. The van der Waals surface area contributed by atoms with E-state index in [4.69, 9.17) is 4.52 Å². The summed E-state index contributed by atoms with van der Waals surface area (Å²) < 4.78 is 5.18. The molecule has 0 aromatic carbocycles. The van der Waals surface area contributed by atoms with E-state index in [1.807, 2.05) is 6.92 Å². The normalized spacial score (nSPS) is 22.4. The molecule has 1 aromatic rings. The van der Waals surface area contributed by atoms with Gasteiger partial charge in [0.2, 0.25) is 11.8 Å². The van der Waals surface area contributed by atoms with Gasteiger partial charge < -0.3 is 9.84 Å². The fourth-order valence-corrected chi connectivity index (χ4v) is 3.77. The van der Waals surface area contributed by atoms with Gasteiger partial charge in [-0.15, -0.1) is 0 Å². The van der Waals surface area contributed by atoms with Crippen molar-refractivity contribution in [2.45, 2.75) is 76.3 Å². The first kappa shape index (κ1) is 17.9. The van der Waals surface area contributed by atoms with Gasteiger partial charge in [-0.25, -0.2) is 0 Å². The zero-order chi connectivity index (χ0) is 17.9. The fourth-order valence-electron chi connectivity index (χ4n) is 3.77. The lowest BCUT2D eigenvalue weighted by Crippen LogP contribution is -2.53. The molecule has 2 N–H and O–H groups in total. The van der Waals surface area contributed by atoms with E-state index < -0.39 is 11.1 Å². The molecule has 3 rings (SSSR count). The SMILES string of the molecule is Cc1nc(C2(NCC(=O)N[C@@](C)(C#N)C3CC3)CCCCCC2)no1. The molecule has 0 radical (unpaired) electrons. The molecule has 7 nitrogen and oxygen atoms in total. The van der Waals surface area contributed by atoms with Crippen LogP contribution in [0, 0.1) is 24.2 Å². The minimum atomic E-state index is -0.766. The highest BCUT2D eigenvalue weighted by molar-refractivity contribution is 5.79. The van der Waals surface area contributed by atoms with Crippen LogP contribution in [0.2, 0.25) is 0 Å². The third-order valence-electron chi connectivity index (χ3n) is 5.53. The Morgan fingerprint density at radius 3 is 2.56 bits per heavy atom. The molecule has 7 heteroatoms. The van der Waals surface area contributed by atoms with Gasteiger partial charge in [0.25, 0.3) is 0 Å². The first-order valence-corrected chi connectivity index (χ1v) is 9.25. The van der Waals surface area contributed by atoms with Crippen molar-refractivity contribution in [3.63, 3.8) is 0 Å². The molecule has 1 heterocycles. The molecule has 0 saturated heterocycles. The second-order valence-corrected chi connectivity index (χ2v) is 7.62. The summed E-state index contributed by atoms with van der Waals surface area (Å²) in [6.45, 7) is 3.74. The van der Waals surface area contributed by atoms with Gasteiger partial charge in [0.1, 0.15) is 5.54 Å². The molecule has 1 atom stereocenters. The number of hydrogen-bond acceptors (Lipinski definition) is 6. The monoisotopic (exact) mass is 345 g/mol. The fraction of sp³-hybridized carbons (Fsp3) is 0.778. The standard InChI is InChI=1S/C18H27N5O2/c1-13-21-16(23-25-13)18(9-5-3-4-6-10-18)20-11-15(24)22-17(2,12-19)14-7-8-14/h14,20H,3-11H2,1-2H3,(H,22,24)/t17-/m0/s1. The Hall–Kier alpha value is -1.94. The molecule has 2 fully saturated rings. The first-order valence-electron chi connectivity index (χ1n) is 9.25. The van der Waals surface area contributed by atoms with Crippen molar-refractivity contribution in [3.05, 3.63) is 11.7 Å². The molecule has 0 aliphatic heterocycles. The van der Waals surface area contributed by atoms with E-state index in [0.29, 0.717) is 11.7 Å². The molecule has 136 valence electrons. The molecule has 2 saturated carbocycles. The zero-order valence-corrected chi connectivity index (χ0v) is 15.1. The van der Waals surface area contributed by atoms with Crippen molar-refractivity contribution in [2.75, 3.05) is 6.54 Å². The second-order valence-electron chi connectivity index (χ2n) is 7.62. The highest BCUT2D eigenvalue weighted by Gasteiger charge is 2.43. The van der Waals surface area contributed by atoms with Gasteiger partial charge >= 0.3 is 0 Å². The van der Waals surface area contributed by atoms with Crippen molar-refractivity contribution >= 4 is 5.91 Å². The summed E-state index contributed by atoms with van der Waals surface area (Å²) in [5.41, 5.74) is -1.19. The summed E-state index contributed by atoms with van der Waals surface area (Å²) in [6.07, 6.45) is 8.28. The lowest BCUT2D eigenvalue weighted by Gasteiger charge is -2.31. The molecular weight excluding hydrogens is 318 g/mol. The summed E-state index contributed by atoms with van der Waals surface area (Å²) in [7, 11) is 0. The summed E-state index contributed by atoms with van der Waals surface area (Å²) >= 11 is 0. The Labute approximate surface area is 148 Å². The van der Waals surface area contributed by atoms with Crippen LogP contribution in [-0.2, 0) is 10.3 Å². The van der Waals surface area contributed by atoms with Crippen LogP contribution >= 0.6 is 0 Å². The number of nitriles is 1. The molecule has 2 aliphatic carbocycles. The van der Waals surface area contributed by atoms with Crippen LogP contribution in [0.3, 0.4) is 0 Å². The number of hydrogen-bond donors (Lipinski definition) is 2. The Morgan fingerprint density at radius 1 is 1.36 bits per heavy atom. The molecule has 25 heavy (non-hydrogen) atoms. The molecule has 0 spiro atoms. The van der Waals surface area contributed by atoms with Gasteiger partial charge in [0.15, 0.2) is 5.82 Å². The van der Waals surface area contributed by atoms with Gasteiger partial charge in [-0.05, 0) is 38.5 Å². The minimum Gasteiger partial charge on any atom is -0.340 e. The predicted molar refractivity (Wildman–Crippen MR) is 91.3 cm³/mol. The van der Waals surface area contributed by atoms with Crippen LogP contribution in [0.1, 0.15) is 70.0 Å². The number of amides is 1. The minimum absolute atomic E-state index is 0.150. The molecule has 0 unspecified atom stereocenters. The van der Waals surface area contributed by atoms with Crippen LogP contribution in [0.5, 0.6) is 0 Å². The molecular formula is C18H27N5O2. The highest BCUT2D eigenvalue weighted by Crippen LogP contribution is 2.39. The van der Waals surface area contributed by atoms with E-state index in [1.54, 1.807) is 6.92 Å². The Balaban J connectivity index is 1.68. The second kappa shape index (κ2) is 7.12. The summed E-state index contributed by atoms with van der Waals surface area (Å²) in [5, 5.41) is 19.9. The third kappa shape index (κ3) is 4.01. The van der Waals surface area contributed by atoms with Crippen LogP contribution in [-0.4, -0.2) is 28.1 Å². The van der Waals surface area contributed by atoms with Gasteiger partial charge in [-0.2, -0.15) is 10.2 Å². The average molecular weight is 345 g/mol. The van der Waals surface area contributed by atoms with E-state index in [-0.39, 0.29) is 18.4 Å². The average Bonchev–Trinajstić information content (AvgIpc) is 3.40. The Morgan fingerprint density at radius 2 is 2.04 bits per heavy atom. The van der Waals surface area contributed by atoms with Crippen molar-refractivity contribution in [2.24, 2.45) is 5.92 Å². The maximum atomic E-state index is 12.5. The van der Waals surface area contributed by atoms with Crippen molar-refractivity contribution in [1.82, 2.24) is 20.8 Å². The number of rotatable bonds is 6. The lowest BCUT2D eigenvalue weighted by molar-refractivity contribution is -0.122. The Bertz CT molecular complexity index is 653. The molecule has 0 bridgehead atoms. The van der Waals surface area contributed by atoms with Crippen LogP contribution in [0.25, 0.3) is 0 Å². The predicted octanol–water partition coefficient (Wildman–Crippen LogP) is 2.33.